The molecular formula is C6H10O6. The molecule has 0 rings (SSSR count). The van der Waals surface area contributed by atoms with Gasteiger partial charge in [0.2, 0.25) is 0 Å². The average molecular weight is 178 g/mol. The van der Waals surface area contributed by atoms with Gasteiger partial charge in [-0.3, -0.25) is 4.79 Å². The van der Waals surface area contributed by atoms with Crippen molar-refractivity contribution in [1.29, 1.82) is 0 Å². The second-order valence-electron chi connectivity index (χ2n) is 2.19. The molecule has 0 saturated carbocycles. The summed E-state index contributed by atoms with van der Waals surface area (Å²) >= 11 is 0. The molecule has 4 N–H and O–H groups in total. The van der Waals surface area contributed by atoms with Crippen molar-refractivity contribution >= 4 is 12.1 Å². The first kappa shape index (κ1) is 11.2. The minimum atomic E-state index is -1.94. The van der Waals surface area contributed by atoms with E-state index in [4.69, 9.17) is 20.4 Å². The monoisotopic (exact) mass is 178 g/mol. The zero-order valence-corrected chi connectivity index (χ0v) is 6.12. The quantitative estimate of drug-likeness (QED) is 0.330. The van der Waals surface area contributed by atoms with E-state index in [9.17, 15) is 9.59 Å². The number of hydrogen-bond donors (Lipinski definition) is 4. The van der Waals surface area contributed by atoms with E-state index in [0.717, 1.165) is 0 Å². The number of Topliss-reactive ketones (excluding diaryl/α,β-unsaturated/α-hetero) is 1. The number of carbonyl (C=O) groups is 2. The fourth-order valence-electron chi connectivity index (χ4n) is 0.551. The first-order valence-corrected chi connectivity index (χ1v) is 3.17. The van der Waals surface area contributed by atoms with E-state index in [0.29, 0.717) is 0 Å². The third-order valence-corrected chi connectivity index (χ3v) is 1.30. The van der Waals surface area contributed by atoms with E-state index in [-0.39, 0.29) is 6.29 Å². The van der Waals surface area contributed by atoms with Crippen molar-refractivity contribution in [3.8, 4) is 0 Å². The minimum Gasteiger partial charge on any atom is -0.388 e. The van der Waals surface area contributed by atoms with Crippen LogP contribution in [0, 0.1) is 0 Å². The summed E-state index contributed by atoms with van der Waals surface area (Å²) in [7, 11) is 0. The van der Waals surface area contributed by atoms with Gasteiger partial charge in [0.05, 0.1) is 0 Å². The van der Waals surface area contributed by atoms with Crippen LogP contribution in [0.15, 0.2) is 0 Å². The van der Waals surface area contributed by atoms with Crippen LogP contribution in [0.25, 0.3) is 0 Å². The Morgan fingerprint density at radius 3 is 2.17 bits per heavy atom. The Bertz CT molecular complexity index is 167. The van der Waals surface area contributed by atoms with Crippen LogP contribution in [0.4, 0.5) is 0 Å². The first-order chi connectivity index (χ1) is 5.54. The third-order valence-electron chi connectivity index (χ3n) is 1.30. The molecule has 6 heteroatoms. The molecular weight excluding hydrogens is 168 g/mol. The van der Waals surface area contributed by atoms with E-state index in [1.165, 1.54) is 0 Å². The molecule has 0 aliphatic rings. The molecule has 0 bridgehead atoms. The summed E-state index contributed by atoms with van der Waals surface area (Å²) in [5.74, 6) is -1.05. The predicted octanol–water partition coefficient (Wildman–Crippen LogP) is -3.17. The zero-order valence-electron chi connectivity index (χ0n) is 6.12. The van der Waals surface area contributed by atoms with Crippen molar-refractivity contribution in [1.82, 2.24) is 0 Å². The highest BCUT2D eigenvalue weighted by Crippen LogP contribution is 1.99. The molecule has 0 spiro atoms. The van der Waals surface area contributed by atoms with Gasteiger partial charge in [-0.25, -0.2) is 0 Å². The van der Waals surface area contributed by atoms with Crippen LogP contribution < -0.4 is 0 Å². The Labute approximate surface area is 68.1 Å². The number of hydrogen-bond acceptors (Lipinski definition) is 6. The van der Waals surface area contributed by atoms with E-state index in [1.54, 1.807) is 0 Å². The van der Waals surface area contributed by atoms with Gasteiger partial charge in [-0.15, -0.1) is 0 Å². The van der Waals surface area contributed by atoms with E-state index in [1.807, 2.05) is 0 Å². The van der Waals surface area contributed by atoms with Gasteiger partial charge in [0, 0.05) is 0 Å². The lowest BCUT2D eigenvalue weighted by molar-refractivity contribution is -0.143. The summed E-state index contributed by atoms with van der Waals surface area (Å²) in [6, 6.07) is 0. The molecule has 6 nitrogen and oxygen atoms in total. The van der Waals surface area contributed by atoms with Crippen molar-refractivity contribution in [3.05, 3.63) is 0 Å². The maximum Gasteiger partial charge on any atom is 0.189 e. The Hall–Kier alpha value is -0.820. The van der Waals surface area contributed by atoms with Gasteiger partial charge < -0.3 is 25.2 Å². The molecule has 0 aromatic rings. The van der Waals surface area contributed by atoms with Crippen molar-refractivity contribution < 1.29 is 30.0 Å². The lowest BCUT2D eigenvalue weighted by Gasteiger charge is -2.16. The smallest absolute Gasteiger partial charge is 0.189 e. The molecule has 3 atom stereocenters. The number of aldehydes is 1. The zero-order chi connectivity index (χ0) is 9.72. The summed E-state index contributed by atoms with van der Waals surface area (Å²) in [6.07, 6.45) is -5.66. The molecule has 70 valence electrons. The van der Waals surface area contributed by atoms with Crippen molar-refractivity contribution in [2.24, 2.45) is 0 Å². The highest BCUT2D eigenvalue weighted by Gasteiger charge is 2.29. The summed E-state index contributed by atoms with van der Waals surface area (Å²) in [6.45, 7) is -0.955. The summed E-state index contributed by atoms with van der Waals surface area (Å²) in [5, 5.41) is 34.5. The molecule has 0 radical (unpaired) electrons. The Balaban J connectivity index is 4.17. The molecule has 0 fully saturated rings. The fourth-order valence-corrected chi connectivity index (χ4v) is 0.551. The molecule has 0 saturated heterocycles. The van der Waals surface area contributed by atoms with Crippen molar-refractivity contribution in [2.45, 2.75) is 18.3 Å². The standard InChI is InChI=1S/C6H10O6/c7-1-3(9)5(11)6(12)4(10)2-8/h1,3,5-6,8-9,11-12H,2H2/t3-,5-,6-/m1/s1. The average Bonchev–Trinajstić information content (AvgIpc) is 2.12. The van der Waals surface area contributed by atoms with E-state index >= 15 is 0 Å². The highest BCUT2D eigenvalue weighted by molar-refractivity contribution is 5.84. The largest absolute Gasteiger partial charge is 0.388 e. The van der Waals surface area contributed by atoms with Gasteiger partial charge in [-0.2, -0.15) is 0 Å². The number of carbonyl (C=O) groups excluding carboxylic acids is 2. The third kappa shape index (κ3) is 2.67. The van der Waals surface area contributed by atoms with E-state index < -0.39 is 30.7 Å². The second-order valence-corrected chi connectivity index (χ2v) is 2.19. The van der Waals surface area contributed by atoms with Crippen LogP contribution in [0.5, 0.6) is 0 Å². The SMILES string of the molecule is O=C[C@@H](O)[C@@H](O)[C@H](O)C(=O)CO. The molecule has 12 heavy (non-hydrogen) atoms. The first-order valence-electron chi connectivity index (χ1n) is 3.17. The summed E-state index contributed by atoms with van der Waals surface area (Å²) < 4.78 is 0. The normalized spacial score (nSPS) is 18.0. The molecule has 0 aliphatic carbocycles. The van der Waals surface area contributed by atoms with Crippen molar-refractivity contribution in [2.75, 3.05) is 6.61 Å². The Kier molecular flexibility index (Phi) is 4.60. The van der Waals surface area contributed by atoms with Gasteiger partial charge in [0.25, 0.3) is 0 Å². The number of aliphatic hydroxyl groups excluding tert-OH is 4. The number of ketones is 1. The Morgan fingerprint density at radius 1 is 1.33 bits per heavy atom. The fraction of sp³-hybridized carbons (Fsp3) is 0.667. The van der Waals surface area contributed by atoms with Crippen LogP contribution in [-0.2, 0) is 9.59 Å². The molecule has 0 aromatic heterocycles. The summed E-state index contributed by atoms with van der Waals surface area (Å²) in [4.78, 5) is 20.4. The predicted molar refractivity (Wildman–Crippen MR) is 36.2 cm³/mol. The lowest BCUT2D eigenvalue weighted by Crippen LogP contribution is -2.43. The number of rotatable bonds is 5. The molecule has 0 aromatic carbocycles. The second kappa shape index (κ2) is 4.94. The summed E-state index contributed by atoms with van der Waals surface area (Å²) in [5.41, 5.74) is 0. The molecule has 0 aliphatic heterocycles. The topological polar surface area (TPSA) is 115 Å². The lowest BCUT2D eigenvalue weighted by atomic mass is 10.1. The van der Waals surface area contributed by atoms with Gasteiger partial charge in [-0.1, -0.05) is 0 Å². The van der Waals surface area contributed by atoms with E-state index in [2.05, 4.69) is 0 Å². The maximum absolute atomic E-state index is 10.5. The minimum absolute atomic E-state index is 0.0153. The molecule has 0 heterocycles. The molecule has 0 unspecified atom stereocenters. The van der Waals surface area contributed by atoms with Gasteiger partial charge >= 0.3 is 0 Å². The van der Waals surface area contributed by atoms with Crippen LogP contribution in [-0.4, -0.2) is 57.4 Å². The van der Waals surface area contributed by atoms with Gasteiger partial charge in [0.1, 0.15) is 24.9 Å². The number of aliphatic hydroxyl groups is 4. The van der Waals surface area contributed by atoms with Crippen LogP contribution in [0.1, 0.15) is 0 Å². The Morgan fingerprint density at radius 2 is 1.83 bits per heavy atom. The van der Waals surface area contributed by atoms with Crippen LogP contribution in [0.2, 0.25) is 0 Å². The van der Waals surface area contributed by atoms with Crippen LogP contribution >= 0.6 is 0 Å². The van der Waals surface area contributed by atoms with Gasteiger partial charge in [0.15, 0.2) is 12.1 Å². The highest BCUT2D eigenvalue weighted by atomic mass is 16.4. The molecule has 0 amide bonds. The van der Waals surface area contributed by atoms with Crippen LogP contribution in [0.3, 0.4) is 0 Å². The van der Waals surface area contributed by atoms with Gasteiger partial charge in [-0.05, 0) is 0 Å². The van der Waals surface area contributed by atoms with Crippen molar-refractivity contribution in [3.63, 3.8) is 0 Å². The maximum atomic E-state index is 10.5.